The van der Waals surface area contributed by atoms with Crippen molar-refractivity contribution in [1.82, 2.24) is 0 Å². The minimum atomic E-state index is -2.48. The van der Waals surface area contributed by atoms with Gasteiger partial charge in [0.2, 0.25) is 0 Å². The first-order valence-corrected chi connectivity index (χ1v) is 14.5. The predicted octanol–water partition coefficient (Wildman–Crippen LogP) is 2.50. The number of rotatable bonds is 13. The molecular weight excluding hydrogens is 377 g/mol. The molecule has 0 aromatic carbocycles. The summed E-state index contributed by atoms with van der Waals surface area (Å²) in [5.74, 6) is 0. The highest BCUT2D eigenvalue weighted by molar-refractivity contribution is 9.26. The summed E-state index contributed by atoms with van der Waals surface area (Å²) >= 11 is 0. The van der Waals surface area contributed by atoms with Gasteiger partial charge in [0.05, 0.1) is 10.8 Å². The molecule has 0 amide bonds. The van der Waals surface area contributed by atoms with Gasteiger partial charge in [-0.2, -0.15) is 0 Å². The van der Waals surface area contributed by atoms with Crippen LogP contribution < -0.4 is 0 Å². The highest BCUT2D eigenvalue weighted by atomic mass is 33.7. The summed E-state index contributed by atoms with van der Waals surface area (Å²) in [4.78, 5) is 0. The molecule has 0 unspecified atom stereocenters. The molecule has 0 aromatic rings. The maximum absolute atomic E-state index is 5.34. The summed E-state index contributed by atoms with van der Waals surface area (Å²) in [5, 5.41) is 1.38. The average Bonchev–Trinajstić information content (AvgIpc) is 2.52. The first-order chi connectivity index (χ1) is 9.57. The van der Waals surface area contributed by atoms with Crippen molar-refractivity contribution in [3.05, 3.63) is 0 Å². The molecule has 6 nitrogen and oxygen atoms in total. The van der Waals surface area contributed by atoms with Crippen LogP contribution in [0, 0.1) is 0 Å². The molecular formula is C8H22O6S4Si2. The lowest BCUT2D eigenvalue weighted by Crippen LogP contribution is -2.46. The van der Waals surface area contributed by atoms with E-state index in [1.807, 2.05) is 0 Å². The van der Waals surface area contributed by atoms with E-state index in [-0.39, 0.29) is 0 Å². The fraction of sp³-hybridized carbons (Fsp3) is 1.00. The maximum atomic E-state index is 5.34. The second-order valence-electron chi connectivity index (χ2n) is 3.25. The summed E-state index contributed by atoms with van der Waals surface area (Å²) in [6.07, 6.45) is 0. The first kappa shape index (κ1) is 21.6. The Labute approximate surface area is 138 Å². The smallest absolute Gasteiger partial charge is 0.376 e. The highest BCUT2D eigenvalue weighted by Crippen LogP contribution is 2.44. The molecule has 0 aromatic heterocycles. The normalized spacial score (nSPS) is 12.9. The standard InChI is InChI=1S/C8H22O6S4Si2/c1-9-19(10-2,11-3)7-15-17-18-16-8-20(12-4,13-5)14-6/h7-8H2,1-6H3. The third-order valence-corrected chi connectivity index (χ3v) is 16.8. The van der Waals surface area contributed by atoms with Crippen LogP contribution >= 0.6 is 41.2 Å². The Kier molecular flexibility index (Phi) is 13.0. The molecule has 122 valence electrons. The third kappa shape index (κ3) is 7.24. The largest absolute Gasteiger partial charge is 0.511 e. The number of hydrogen-bond acceptors (Lipinski definition) is 10. The van der Waals surface area contributed by atoms with Gasteiger partial charge in [-0.3, -0.25) is 0 Å². The van der Waals surface area contributed by atoms with E-state index in [9.17, 15) is 0 Å². The van der Waals surface area contributed by atoms with Crippen LogP contribution in [0.3, 0.4) is 0 Å². The van der Waals surface area contributed by atoms with Gasteiger partial charge in [0.25, 0.3) is 0 Å². The quantitative estimate of drug-likeness (QED) is 0.263. The molecule has 0 bridgehead atoms. The lowest BCUT2D eigenvalue weighted by molar-refractivity contribution is 0.130. The van der Waals surface area contributed by atoms with Crippen LogP contribution in [0.1, 0.15) is 0 Å². The molecule has 0 atom stereocenters. The van der Waals surface area contributed by atoms with Gasteiger partial charge < -0.3 is 26.6 Å². The van der Waals surface area contributed by atoms with E-state index in [0.29, 0.717) is 10.8 Å². The minimum absolute atomic E-state index is 0.691. The lowest BCUT2D eigenvalue weighted by atomic mass is 11.8. The van der Waals surface area contributed by atoms with Crippen LogP contribution in [0.15, 0.2) is 0 Å². The summed E-state index contributed by atoms with van der Waals surface area (Å²) in [7, 11) is 11.3. The maximum Gasteiger partial charge on any atom is 0.511 e. The van der Waals surface area contributed by atoms with Gasteiger partial charge in [0, 0.05) is 42.7 Å². The summed E-state index contributed by atoms with van der Waals surface area (Å²) in [5.41, 5.74) is 0. The van der Waals surface area contributed by atoms with E-state index in [0.717, 1.165) is 0 Å². The van der Waals surface area contributed by atoms with Gasteiger partial charge >= 0.3 is 17.6 Å². The SMILES string of the molecule is CO[Si](CSSSSC[Si](OC)(OC)OC)(OC)OC. The van der Waals surface area contributed by atoms with Crippen molar-refractivity contribution < 1.29 is 26.6 Å². The molecule has 0 radical (unpaired) electrons. The van der Waals surface area contributed by atoms with E-state index in [1.54, 1.807) is 83.9 Å². The van der Waals surface area contributed by atoms with Crippen LogP contribution in [0.4, 0.5) is 0 Å². The van der Waals surface area contributed by atoms with E-state index < -0.39 is 17.6 Å². The molecule has 0 aliphatic rings. The fourth-order valence-corrected chi connectivity index (χ4v) is 15.7. The molecule has 0 spiro atoms. The monoisotopic (exact) mass is 398 g/mol. The first-order valence-electron chi connectivity index (χ1n) is 5.46. The molecule has 0 saturated carbocycles. The van der Waals surface area contributed by atoms with Crippen molar-refractivity contribution in [2.24, 2.45) is 0 Å². The van der Waals surface area contributed by atoms with Gasteiger partial charge in [0.1, 0.15) is 0 Å². The topological polar surface area (TPSA) is 55.4 Å². The molecule has 0 N–H and O–H groups in total. The van der Waals surface area contributed by atoms with Crippen molar-refractivity contribution in [2.75, 3.05) is 53.4 Å². The van der Waals surface area contributed by atoms with Crippen molar-refractivity contribution in [3.63, 3.8) is 0 Å². The lowest BCUT2D eigenvalue weighted by Gasteiger charge is -2.24. The second kappa shape index (κ2) is 12.1. The molecule has 0 fully saturated rings. The minimum Gasteiger partial charge on any atom is -0.376 e. The van der Waals surface area contributed by atoms with Gasteiger partial charge in [-0.1, -0.05) is 21.6 Å². The van der Waals surface area contributed by atoms with Crippen LogP contribution in [-0.2, 0) is 26.6 Å². The molecule has 0 saturated heterocycles. The zero-order valence-electron chi connectivity index (χ0n) is 12.5. The van der Waals surface area contributed by atoms with Crippen LogP contribution in [0.2, 0.25) is 0 Å². The highest BCUT2D eigenvalue weighted by Gasteiger charge is 2.39. The molecule has 0 aliphatic heterocycles. The zero-order chi connectivity index (χ0) is 15.5. The Hall–Kier alpha value is 1.59. The Bertz CT molecular complexity index is 204. The summed E-state index contributed by atoms with van der Waals surface area (Å²) < 4.78 is 32.0. The summed E-state index contributed by atoms with van der Waals surface area (Å²) in [6.45, 7) is 0. The molecule has 0 aliphatic carbocycles. The number of hydrogen-bond donors (Lipinski definition) is 0. The van der Waals surface area contributed by atoms with E-state index in [2.05, 4.69) is 0 Å². The van der Waals surface area contributed by atoms with Crippen LogP contribution in [0.5, 0.6) is 0 Å². The predicted molar refractivity (Wildman–Crippen MR) is 93.7 cm³/mol. The van der Waals surface area contributed by atoms with Crippen LogP contribution in [-0.4, -0.2) is 71.0 Å². The Morgan fingerprint density at radius 2 is 0.800 bits per heavy atom. The molecule has 20 heavy (non-hydrogen) atoms. The van der Waals surface area contributed by atoms with Gasteiger partial charge in [-0.05, 0) is 19.7 Å². The van der Waals surface area contributed by atoms with E-state index in [4.69, 9.17) is 26.6 Å². The molecule has 12 heteroatoms. The molecule has 0 heterocycles. The third-order valence-electron chi connectivity index (χ3n) is 2.46. The van der Waals surface area contributed by atoms with Gasteiger partial charge in [-0.25, -0.2) is 0 Å². The van der Waals surface area contributed by atoms with Gasteiger partial charge in [-0.15, -0.1) is 0 Å². The zero-order valence-corrected chi connectivity index (χ0v) is 17.8. The van der Waals surface area contributed by atoms with Crippen molar-refractivity contribution >= 4 is 58.8 Å². The van der Waals surface area contributed by atoms with Crippen LogP contribution in [0.25, 0.3) is 0 Å². The van der Waals surface area contributed by atoms with Crippen molar-refractivity contribution in [2.45, 2.75) is 0 Å². The summed E-state index contributed by atoms with van der Waals surface area (Å²) in [6, 6.07) is 0. The van der Waals surface area contributed by atoms with E-state index in [1.165, 1.54) is 0 Å². The Morgan fingerprint density at radius 1 is 0.550 bits per heavy atom. The van der Waals surface area contributed by atoms with E-state index >= 15 is 0 Å². The second-order valence-corrected chi connectivity index (χ2v) is 16.2. The Balaban J connectivity index is 3.87. The van der Waals surface area contributed by atoms with Crippen molar-refractivity contribution in [3.8, 4) is 0 Å². The van der Waals surface area contributed by atoms with Gasteiger partial charge in [0.15, 0.2) is 0 Å². The average molecular weight is 399 g/mol. The molecule has 0 rings (SSSR count). The fourth-order valence-electron chi connectivity index (χ4n) is 1.09. The van der Waals surface area contributed by atoms with Crippen molar-refractivity contribution in [1.29, 1.82) is 0 Å². The Morgan fingerprint density at radius 3 is 1.00 bits per heavy atom.